The van der Waals surface area contributed by atoms with Crippen LogP contribution in [0.4, 0.5) is 11.5 Å². The molecule has 148 valence electrons. The Morgan fingerprint density at radius 3 is 2.39 bits per heavy atom. The molecule has 0 radical (unpaired) electrons. The van der Waals surface area contributed by atoms with Crippen molar-refractivity contribution >= 4 is 23.3 Å². The van der Waals surface area contributed by atoms with Gasteiger partial charge in [-0.2, -0.15) is 0 Å². The molecule has 28 heavy (non-hydrogen) atoms. The third-order valence-corrected chi connectivity index (χ3v) is 4.62. The number of aryl methyl sites for hydroxylation is 1. The molecule has 1 N–H and O–H groups in total. The van der Waals surface area contributed by atoms with E-state index < -0.39 is 5.92 Å². The highest BCUT2D eigenvalue weighted by Crippen LogP contribution is 2.42. The Kier molecular flexibility index (Phi) is 5.67. The molecule has 1 aromatic heterocycles. The van der Waals surface area contributed by atoms with E-state index in [2.05, 4.69) is 10.3 Å². The number of rotatable bonds is 6. The van der Waals surface area contributed by atoms with Crippen molar-refractivity contribution in [2.45, 2.75) is 13.3 Å². The van der Waals surface area contributed by atoms with Gasteiger partial charge in [-0.3, -0.25) is 9.59 Å². The van der Waals surface area contributed by atoms with Gasteiger partial charge >= 0.3 is 0 Å². The third kappa shape index (κ3) is 3.85. The molecule has 1 aliphatic rings. The van der Waals surface area contributed by atoms with Gasteiger partial charge in [-0.15, -0.1) is 0 Å². The maximum atomic E-state index is 12.6. The van der Waals surface area contributed by atoms with Gasteiger partial charge in [-0.1, -0.05) is 0 Å². The van der Waals surface area contributed by atoms with Gasteiger partial charge in [0, 0.05) is 31.3 Å². The van der Waals surface area contributed by atoms with Crippen LogP contribution in [0.1, 0.15) is 12.0 Å². The minimum Gasteiger partial charge on any atom is -0.493 e. The molecular formula is C20H23N3O5. The topological polar surface area (TPSA) is 90.0 Å². The number of ether oxygens (including phenoxy) is 3. The van der Waals surface area contributed by atoms with Gasteiger partial charge in [0.15, 0.2) is 11.5 Å². The van der Waals surface area contributed by atoms with Crippen molar-refractivity contribution in [1.29, 1.82) is 0 Å². The second-order valence-corrected chi connectivity index (χ2v) is 6.50. The monoisotopic (exact) mass is 385 g/mol. The number of pyridine rings is 1. The molecule has 1 atom stereocenters. The summed E-state index contributed by atoms with van der Waals surface area (Å²) in [7, 11) is 4.54. The number of aromatic nitrogens is 1. The first-order valence-corrected chi connectivity index (χ1v) is 8.80. The van der Waals surface area contributed by atoms with Gasteiger partial charge < -0.3 is 24.4 Å². The number of hydrogen-bond acceptors (Lipinski definition) is 6. The molecule has 1 saturated heterocycles. The number of methoxy groups -OCH3 is 3. The van der Waals surface area contributed by atoms with E-state index in [1.807, 2.05) is 13.0 Å². The van der Waals surface area contributed by atoms with Crippen molar-refractivity contribution in [1.82, 2.24) is 4.98 Å². The molecule has 8 heteroatoms. The maximum Gasteiger partial charge on any atom is 0.230 e. The van der Waals surface area contributed by atoms with E-state index in [9.17, 15) is 9.59 Å². The van der Waals surface area contributed by atoms with Crippen molar-refractivity contribution in [2.75, 3.05) is 38.1 Å². The lowest BCUT2D eigenvalue weighted by Crippen LogP contribution is -2.28. The molecule has 8 nitrogen and oxygen atoms in total. The Morgan fingerprint density at radius 1 is 1.14 bits per heavy atom. The SMILES string of the molecule is COc1cc(N2CC(C(=O)Nc3cc(C)ccn3)CC2=O)cc(OC)c1OC. The lowest BCUT2D eigenvalue weighted by atomic mass is 10.1. The molecule has 2 aromatic rings. The van der Waals surface area contributed by atoms with Gasteiger partial charge in [0.1, 0.15) is 5.82 Å². The van der Waals surface area contributed by atoms with Crippen LogP contribution in [-0.4, -0.2) is 44.7 Å². The van der Waals surface area contributed by atoms with Gasteiger partial charge in [-0.05, 0) is 24.6 Å². The van der Waals surface area contributed by atoms with Gasteiger partial charge in [0.2, 0.25) is 17.6 Å². The van der Waals surface area contributed by atoms with Crippen molar-refractivity contribution in [3.8, 4) is 17.2 Å². The van der Waals surface area contributed by atoms with Gasteiger partial charge in [0.05, 0.1) is 32.9 Å². The van der Waals surface area contributed by atoms with E-state index >= 15 is 0 Å². The number of nitrogens with zero attached hydrogens (tertiary/aromatic N) is 2. The average Bonchev–Trinajstić information content (AvgIpc) is 3.08. The average molecular weight is 385 g/mol. The summed E-state index contributed by atoms with van der Waals surface area (Å²) in [4.78, 5) is 30.9. The van der Waals surface area contributed by atoms with Crippen LogP contribution in [-0.2, 0) is 9.59 Å². The Balaban J connectivity index is 1.80. The van der Waals surface area contributed by atoms with E-state index in [-0.39, 0.29) is 24.8 Å². The largest absolute Gasteiger partial charge is 0.493 e. The highest BCUT2D eigenvalue weighted by Gasteiger charge is 2.36. The number of hydrogen-bond donors (Lipinski definition) is 1. The Labute approximate surface area is 163 Å². The van der Waals surface area contributed by atoms with Crippen molar-refractivity contribution in [3.63, 3.8) is 0 Å². The Hall–Kier alpha value is -3.29. The summed E-state index contributed by atoms with van der Waals surface area (Å²) >= 11 is 0. The smallest absolute Gasteiger partial charge is 0.230 e. The van der Waals surface area contributed by atoms with Crippen LogP contribution in [0, 0.1) is 12.8 Å². The quantitative estimate of drug-likeness (QED) is 0.821. The number of anilines is 2. The number of carbonyl (C=O) groups excluding carboxylic acids is 2. The minimum absolute atomic E-state index is 0.119. The lowest BCUT2D eigenvalue weighted by Gasteiger charge is -2.20. The zero-order chi connectivity index (χ0) is 20.3. The van der Waals surface area contributed by atoms with E-state index in [1.165, 1.54) is 21.3 Å². The van der Waals surface area contributed by atoms with Crippen molar-refractivity contribution < 1.29 is 23.8 Å². The number of nitrogens with one attached hydrogen (secondary N) is 1. The second kappa shape index (κ2) is 8.16. The first kappa shape index (κ1) is 19.5. The molecule has 0 bridgehead atoms. The molecule has 1 fully saturated rings. The fourth-order valence-electron chi connectivity index (χ4n) is 3.19. The second-order valence-electron chi connectivity index (χ2n) is 6.50. The first-order valence-electron chi connectivity index (χ1n) is 8.80. The fourth-order valence-corrected chi connectivity index (χ4v) is 3.19. The third-order valence-electron chi connectivity index (χ3n) is 4.62. The highest BCUT2D eigenvalue weighted by atomic mass is 16.5. The van der Waals surface area contributed by atoms with E-state index in [4.69, 9.17) is 14.2 Å². The van der Waals surface area contributed by atoms with E-state index in [1.54, 1.807) is 29.3 Å². The van der Waals surface area contributed by atoms with Crippen LogP contribution in [0.3, 0.4) is 0 Å². The normalized spacial score (nSPS) is 16.1. The van der Waals surface area contributed by atoms with E-state index in [0.29, 0.717) is 28.8 Å². The zero-order valence-electron chi connectivity index (χ0n) is 16.3. The first-order chi connectivity index (χ1) is 13.5. The van der Waals surface area contributed by atoms with E-state index in [0.717, 1.165) is 5.56 Å². The molecule has 2 amide bonds. The van der Waals surface area contributed by atoms with Crippen LogP contribution in [0.25, 0.3) is 0 Å². The summed E-state index contributed by atoms with van der Waals surface area (Å²) in [5.74, 6) is 0.953. The van der Waals surface area contributed by atoms with Crippen LogP contribution < -0.4 is 24.4 Å². The predicted octanol–water partition coefficient (Wildman–Crippen LogP) is 2.41. The molecular weight excluding hydrogens is 362 g/mol. The molecule has 0 saturated carbocycles. The van der Waals surface area contributed by atoms with Crippen LogP contribution >= 0.6 is 0 Å². The van der Waals surface area contributed by atoms with Crippen LogP contribution in [0.15, 0.2) is 30.5 Å². The Morgan fingerprint density at radius 2 is 1.82 bits per heavy atom. The van der Waals surface area contributed by atoms with Crippen LogP contribution in [0.2, 0.25) is 0 Å². The van der Waals surface area contributed by atoms with Gasteiger partial charge in [-0.25, -0.2) is 4.98 Å². The standard InChI is InChI=1S/C20H23N3O5/c1-12-5-6-21-17(7-12)22-20(25)13-8-18(24)23(11-13)14-9-15(26-2)19(28-4)16(10-14)27-3/h5-7,9-10,13H,8,11H2,1-4H3,(H,21,22,25). The molecule has 1 unspecified atom stereocenters. The van der Waals surface area contributed by atoms with Crippen molar-refractivity contribution in [3.05, 3.63) is 36.0 Å². The summed E-state index contributed by atoms with van der Waals surface area (Å²) in [5, 5.41) is 2.78. The molecule has 0 spiro atoms. The highest BCUT2D eigenvalue weighted by molar-refractivity contribution is 6.03. The summed E-state index contributed by atoms with van der Waals surface area (Å²) in [6, 6.07) is 7.02. The molecule has 1 aromatic carbocycles. The molecule has 3 rings (SSSR count). The number of amides is 2. The van der Waals surface area contributed by atoms with Crippen molar-refractivity contribution in [2.24, 2.45) is 5.92 Å². The molecule has 2 heterocycles. The predicted molar refractivity (Wildman–Crippen MR) is 104 cm³/mol. The summed E-state index contributed by atoms with van der Waals surface area (Å²) in [6.07, 6.45) is 1.75. The maximum absolute atomic E-state index is 12.6. The Bertz CT molecular complexity index is 874. The van der Waals surface area contributed by atoms with Crippen LogP contribution in [0.5, 0.6) is 17.2 Å². The molecule has 0 aliphatic carbocycles. The molecule has 1 aliphatic heterocycles. The zero-order valence-corrected chi connectivity index (χ0v) is 16.3. The lowest BCUT2D eigenvalue weighted by molar-refractivity contribution is -0.122. The summed E-state index contributed by atoms with van der Waals surface area (Å²) in [6.45, 7) is 2.18. The summed E-state index contributed by atoms with van der Waals surface area (Å²) < 4.78 is 16.0. The minimum atomic E-state index is -0.478. The number of carbonyl (C=O) groups is 2. The number of benzene rings is 1. The van der Waals surface area contributed by atoms with Gasteiger partial charge in [0.25, 0.3) is 0 Å². The fraction of sp³-hybridized carbons (Fsp3) is 0.350. The summed E-state index contributed by atoms with van der Waals surface area (Å²) in [5.41, 5.74) is 1.58.